The summed E-state index contributed by atoms with van der Waals surface area (Å²) in [5.74, 6) is 2.62. The van der Waals surface area contributed by atoms with Crippen LogP contribution in [-0.2, 0) is 0 Å². The molecule has 0 spiro atoms. The van der Waals surface area contributed by atoms with Gasteiger partial charge in [0.25, 0.3) is 0 Å². The number of hydrogen-bond acceptors (Lipinski definition) is 4. The highest BCUT2D eigenvalue weighted by molar-refractivity contribution is 5.39. The van der Waals surface area contributed by atoms with Crippen molar-refractivity contribution in [3.63, 3.8) is 0 Å². The maximum absolute atomic E-state index is 6.07. The monoisotopic (exact) mass is 246 g/mol. The molecule has 2 N–H and O–H groups in total. The van der Waals surface area contributed by atoms with Gasteiger partial charge < -0.3 is 10.6 Å². The van der Waals surface area contributed by atoms with Gasteiger partial charge in [0.05, 0.1) is 17.6 Å². The molecule has 1 saturated carbocycles. The summed E-state index contributed by atoms with van der Waals surface area (Å²) in [5, 5.41) is 0. The van der Waals surface area contributed by atoms with Gasteiger partial charge in [-0.15, -0.1) is 0 Å². The Kier molecular flexibility index (Phi) is 2.98. The first kappa shape index (κ1) is 11.9. The third-order valence-electron chi connectivity index (χ3n) is 4.59. The smallest absolute Gasteiger partial charge is 0.147 e. The van der Waals surface area contributed by atoms with Crippen LogP contribution in [0.25, 0.3) is 0 Å². The molecule has 18 heavy (non-hydrogen) atoms. The second kappa shape index (κ2) is 4.50. The lowest BCUT2D eigenvalue weighted by Gasteiger charge is -2.27. The fourth-order valence-electron chi connectivity index (χ4n) is 3.34. The summed E-state index contributed by atoms with van der Waals surface area (Å²) in [5.41, 5.74) is 8.14. The summed E-state index contributed by atoms with van der Waals surface area (Å²) >= 11 is 0. The Balaban J connectivity index is 1.76. The van der Waals surface area contributed by atoms with Gasteiger partial charge in [0.2, 0.25) is 0 Å². The van der Waals surface area contributed by atoms with Gasteiger partial charge in [-0.1, -0.05) is 0 Å². The van der Waals surface area contributed by atoms with E-state index in [0.29, 0.717) is 6.04 Å². The molecule has 1 unspecified atom stereocenters. The molecule has 3 atom stereocenters. The Morgan fingerprint density at radius 1 is 1.17 bits per heavy atom. The Bertz CT molecular complexity index is 445. The van der Waals surface area contributed by atoms with Crippen molar-refractivity contribution in [1.82, 2.24) is 9.97 Å². The molecule has 1 aromatic rings. The number of aromatic nitrogens is 2. The minimum Gasteiger partial charge on any atom is -0.355 e. The molecule has 0 aromatic carbocycles. The van der Waals surface area contributed by atoms with Crippen molar-refractivity contribution in [3.8, 4) is 0 Å². The first-order valence-corrected chi connectivity index (χ1v) is 6.94. The molecule has 2 aliphatic rings. The van der Waals surface area contributed by atoms with Crippen molar-refractivity contribution in [2.24, 2.45) is 17.6 Å². The van der Waals surface area contributed by atoms with Crippen molar-refractivity contribution in [2.75, 3.05) is 18.0 Å². The highest BCUT2D eigenvalue weighted by atomic mass is 15.2. The molecule has 1 saturated heterocycles. The van der Waals surface area contributed by atoms with Gasteiger partial charge >= 0.3 is 0 Å². The van der Waals surface area contributed by atoms with Crippen molar-refractivity contribution >= 4 is 5.82 Å². The van der Waals surface area contributed by atoms with Crippen LogP contribution in [0.5, 0.6) is 0 Å². The van der Waals surface area contributed by atoms with Crippen LogP contribution in [0.15, 0.2) is 6.20 Å². The summed E-state index contributed by atoms with van der Waals surface area (Å²) in [6.45, 7) is 6.28. The van der Waals surface area contributed by atoms with Crippen LogP contribution in [0.3, 0.4) is 0 Å². The first-order chi connectivity index (χ1) is 8.63. The standard InChI is InChI=1S/C14H22N4/c1-9-10(2)17-14(6-16-9)18-7-11-3-4-13(15)5-12(11)8-18/h6,11-13H,3-5,7-8,15H2,1-2H3/t11-,12+,13?/m1/s1. The summed E-state index contributed by atoms with van der Waals surface area (Å²) in [7, 11) is 0. The molecular weight excluding hydrogens is 224 g/mol. The molecule has 3 rings (SSSR count). The third-order valence-corrected chi connectivity index (χ3v) is 4.59. The third kappa shape index (κ3) is 2.09. The van der Waals surface area contributed by atoms with Crippen molar-refractivity contribution in [1.29, 1.82) is 0 Å². The molecule has 4 heteroatoms. The predicted molar refractivity (Wildman–Crippen MR) is 72.5 cm³/mol. The molecule has 2 heterocycles. The maximum atomic E-state index is 6.07. The minimum absolute atomic E-state index is 0.414. The number of aryl methyl sites for hydroxylation is 2. The van der Waals surface area contributed by atoms with Crippen LogP contribution < -0.4 is 10.6 Å². The largest absolute Gasteiger partial charge is 0.355 e. The van der Waals surface area contributed by atoms with Gasteiger partial charge in [0.15, 0.2) is 0 Å². The van der Waals surface area contributed by atoms with Crippen molar-refractivity contribution < 1.29 is 0 Å². The number of fused-ring (bicyclic) bond motifs is 1. The van der Waals surface area contributed by atoms with Crippen molar-refractivity contribution in [3.05, 3.63) is 17.6 Å². The number of hydrogen-bond donors (Lipinski definition) is 1. The number of nitrogens with two attached hydrogens (primary N) is 1. The lowest BCUT2D eigenvalue weighted by atomic mass is 9.79. The van der Waals surface area contributed by atoms with Gasteiger partial charge in [0, 0.05) is 19.1 Å². The molecule has 0 radical (unpaired) electrons. The van der Waals surface area contributed by atoms with E-state index >= 15 is 0 Å². The van der Waals surface area contributed by atoms with Crippen LogP contribution in [0, 0.1) is 25.7 Å². The Morgan fingerprint density at radius 3 is 2.72 bits per heavy atom. The van der Waals surface area contributed by atoms with Gasteiger partial charge in [-0.3, -0.25) is 4.98 Å². The molecular formula is C14H22N4. The van der Waals surface area contributed by atoms with E-state index in [1.54, 1.807) is 0 Å². The summed E-state index contributed by atoms with van der Waals surface area (Å²) < 4.78 is 0. The zero-order valence-corrected chi connectivity index (χ0v) is 11.3. The zero-order chi connectivity index (χ0) is 12.7. The zero-order valence-electron chi connectivity index (χ0n) is 11.3. The van der Waals surface area contributed by atoms with E-state index in [4.69, 9.17) is 5.73 Å². The number of rotatable bonds is 1. The quantitative estimate of drug-likeness (QED) is 0.818. The summed E-state index contributed by atoms with van der Waals surface area (Å²) in [6, 6.07) is 0.414. The van der Waals surface area contributed by atoms with E-state index < -0.39 is 0 Å². The van der Waals surface area contributed by atoms with Gasteiger partial charge in [-0.25, -0.2) is 4.98 Å². The van der Waals surface area contributed by atoms with Crippen LogP contribution in [-0.4, -0.2) is 29.1 Å². The van der Waals surface area contributed by atoms with Gasteiger partial charge in [0.1, 0.15) is 5.82 Å². The van der Waals surface area contributed by atoms with Crippen LogP contribution in [0.2, 0.25) is 0 Å². The topological polar surface area (TPSA) is 55.0 Å². The Morgan fingerprint density at radius 2 is 1.94 bits per heavy atom. The lowest BCUT2D eigenvalue weighted by Crippen LogP contribution is -2.32. The van der Waals surface area contributed by atoms with E-state index in [1.165, 1.54) is 19.3 Å². The lowest BCUT2D eigenvalue weighted by molar-refractivity contribution is 0.271. The highest BCUT2D eigenvalue weighted by Crippen LogP contribution is 2.37. The fraction of sp³-hybridized carbons (Fsp3) is 0.714. The van der Waals surface area contributed by atoms with E-state index in [0.717, 1.165) is 42.1 Å². The maximum Gasteiger partial charge on any atom is 0.147 e. The van der Waals surface area contributed by atoms with Gasteiger partial charge in [-0.2, -0.15) is 0 Å². The summed E-state index contributed by atoms with van der Waals surface area (Å²) in [4.78, 5) is 11.5. The molecule has 4 nitrogen and oxygen atoms in total. The van der Waals surface area contributed by atoms with E-state index in [-0.39, 0.29) is 0 Å². The van der Waals surface area contributed by atoms with E-state index in [9.17, 15) is 0 Å². The Hall–Kier alpha value is -1.16. The van der Waals surface area contributed by atoms with Crippen molar-refractivity contribution in [2.45, 2.75) is 39.2 Å². The average Bonchev–Trinajstić information content (AvgIpc) is 2.75. The SMILES string of the molecule is Cc1ncc(N2C[C@H]3CCC(N)C[C@H]3C2)nc1C. The Labute approximate surface area is 109 Å². The second-order valence-corrected chi connectivity index (χ2v) is 5.90. The molecule has 2 fully saturated rings. The molecule has 1 aromatic heterocycles. The molecule has 0 amide bonds. The van der Waals surface area contributed by atoms with Crippen LogP contribution in [0.1, 0.15) is 30.7 Å². The van der Waals surface area contributed by atoms with E-state index in [1.807, 2.05) is 20.0 Å². The second-order valence-electron chi connectivity index (χ2n) is 5.90. The van der Waals surface area contributed by atoms with Gasteiger partial charge in [-0.05, 0) is 44.9 Å². The van der Waals surface area contributed by atoms with Crippen LogP contribution >= 0.6 is 0 Å². The highest BCUT2D eigenvalue weighted by Gasteiger charge is 2.37. The van der Waals surface area contributed by atoms with E-state index in [2.05, 4.69) is 14.9 Å². The molecule has 1 aliphatic heterocycles. The molecule has 98 valence electrons. The van der Waals surface area contributed by atoms with Crippen LogP contribution in [0.4, 0.5) is 5.82 Å². The normalized spacial score (nSPS) is 31.5. The first-order valence-electron chi connectivity index (χ1n) is 6.94. The average molecular weight is 246 g/mol. The molecule has 0 bridgehead atoms. The number of anilines is 1. The molecule has 1 aliphatic carbocycles. The predicted octanol–water partition coefficient (Wildman–Crippen LogP) is 1.66. The summed E-state index contributed by atoms with van der Waals surface area (Å²) in [6.07, 6.45) is 5.56. The number of nitrogens with zero attached hydrogens (tertiary/aromatic N) is 3. The fourth-order valence-corrected chi connectivity index (χ4v) is 3.34. The minimum atomic E-state index is 0.414.